The van der Waals surface area contributed by atoms with E-state index in [0.717, 1.165) is 11.9 Å². The highest BCUT2D eigenvalue weighted by Gasteiger charge is 2.23. The highest BCUT2D eigenvalue weighted by Crippen LogP contribution is 2.06. The van der Waals surface area contributed by atoms with Crippen molar-refractivity contribution >= 4 is 11.8 Å². The van der Waals surface area contributed by atoms with Crippen molar-refractivity contribution in [3.05, 3.63) is 33.8 Å². The zero-order valence-electron chi connectivity index (χ0n) is 9.39. The first kappa shape index (κ1) is 12.7. The summed E-state index contributed by atoms with van der Waals surface area (Å²) in [5.74, 6) is -0.608. The number of anilines is 1. The molecule has 0 radical (unpaired) electrons. The van der Waals surface area contributed by atoms with Gasteiger partial charge in [0.15, 0.2) is 5.82 Å². The summed E-state index contributed by atoms with van der Waals surface area (Å²) in [6, 6.07) is 1.64. The Bertz CT molecular complexity index is 452. The Morgan fingerprint density at radius 3 is 2.94 bits per heavy atom. The van der Waals surface area contributed by atoms with Crippen LogP contribution in [0.5, 0.6) is 0 Å². The van der Waals surface area contributed by atoms with Crippen molar-refractivity contribution in [1.82, 2.24) is 10.2 Å². The number of aryl methyl sites for hydroxylation is 1. The SMILES string of the molecule is CCOC(=O)/C(=C/Nc1cc(C)[nH]n1)[N+](=O)[O-]. The van der Waals surface area contributed by atoms with Crippen LogP contribution in [0.4, 0.5) is 5.82 Å². The Labute approximate surface area is 96.8 Å². The zero-order chi connectivity index (χ0) is 12.8. The van der Waals surface area contributed by atoms with Crippen molar-refractivity contribution < 1.29 is 14.5 Å². The Morgan fingerprint density at radius 1 is 1.76 bits per heavy atom. The third kappa shape index (κ3) is 3.59. The van der Waals surface area contributed by atoms with Gasteiger partial charge in [-0.15, -0.1) is 0 Å². The molecule has 0 saturated heterocycles. The lowest BCUT2D eigenvalue weighted by molar-refractivity contribution is -0.421. The second kappa shape index (κ2) is 5.64. The Kier molecular flexibility index (Phi) is 4.21. The van der Waals surface area contributed by atoms with Gasteiger partial charge in [0.25, 0.3) is 0 Å². The van der Waals surface area contributed by atoms with E-state index in [2.05, 4.69) is 20.3 Å². The van der Waals surface area contributed by atoms with E-state index in [1.807, 2.05) is 0 Å². The zero-order valence-corrected chi connectivity index (χ0v) is 9.39. The van der Waals surface area contributed by atoms with Gasteiger partial charge in [0.05, 0.1) is 17.7 Å². The maximum Gasteiger partial charge on any atom is 0.411 e. The quantitative estimate of drug-likeness (QED) is 0.341. The van der Waals surface area contributed by atoms with Crippen LogP contribution in [0, 0.1) is 17.0 Å². The summed E-state index contributed by atoms with van der Waals surface area (Å²) in [4.78, 5) is 21.0. The molecule has 0 atom stereocenters. The largest absolute Gasteiger partial charge is 0.458 e. The number of ether oxygens (including phenoxy) is 1. The molecule has 1 aromatic rings. The Hall–Kier alpha value is -2.38. The minimum atomic E-state index is -0.989. The van der Waals surface area contributed by atoms with Crippen molar-refractivity contribution in [2.75, 3.05) is 11.9 Å². The molecule has 1 aromatic heterocycles. The fourth-order valence-corrected chi connectivity index (χ4v) is 1.03. The number of aromatic nitrogens is 2. The Balaban J connectivity index is 2.77. The first-order chi connectivity index (χ1) is 8.04. The third-order valence-corrected chi connectivity index (χ3v) is 1.74. The molecule has 0 spiro atoms. The van der Waals surface area contributed by atoms with Crippen LogP contribution in [0.25, 0.3) is 0 Å². The van der Waals surface area contributed by atoms with E-state index in [1.54, 1.807) is 19.9 Å². The van der Waals surface area contributed by atoms with Gasteiger partial charge in [-0.2, -0.15) is 5.10 Å². The fraction of sp³-hybridized carbons (Fsp3) is 0.333. The highest BCUT2D eigenvalue weighted by molar-refractivity contribution is 5.86. The number of nitro groups is 1. The van der Waals surface area contributed by atoms with Crippen molar-refractivity contribution in [1.29, 1.82) is 0 Å². The lowest BCUT2D eigenvalue weighted by atomic mass is 10.4. The van der Waals surface area contributed by atoms with Gasteiger partial charge < -0.3 is 10.1 Å². The van der Waals surface area contributed by atoms with Crippen LogP contribution in [0.15, 0.2) is 18.0 Å². The molecule has 0 aliphatic carbocycles. The monoisotopic (exact) mass is 240 g/mol. The van der Waals surface area contributed by atoms with E-state index < -0.39 is 16.6 Å². The second-order valence-corrected chi connectivity index (χ2v) is 3.09. The molecule has 8 nitrogen and oxygen atoms in total. The molecule has 0 saturated carbocycles. The number of H-pyrrole nitrogens is 1. The van der Waals surface area contributed by atoms with Crippen LogP contribution in [0.3, 0.4) is 0 Å². The summed E-state index contributed by atoms with van der Waals surface area (Å²) < 4.78 is 4.54. The summed E-state index contributed by atoms with van der Waals surface area (Å²) >= 11 is 0. The smallest absolute Gasteiger partial charge is 0.411 e. The van der Waals surface area contributed by atoms with Gasteiger partial charge >= 0.3 is 11.7 Å². The molecule has 2 N–H and O–H groups in total. The molecule has 0 amide bonds. The van der Waals surface area contributed by atoms with Crippen LogP contribution in [-0.2, 0) is 9.53 Å². The first-order valence-corrected chi connectivity index (χ1v) is 4.84. The molecule has 1 rings (SSSR count). The lowest BCUT2D eigenvalue weighted by Crippen LogP contribution is -2.16. The van der Waals surface area contributed by atoms with Gasteiger partial charge in [0, 0.05) is 11.8 Å². The van der Waals surface area contributed by atoms with Gasteiger partial charge in [0.1, 0.15) is 0 Å². The average Bonchev–Trinajstić information content (AvgIpc) is 2.64. The van der Waals surface area contributed by atoms with E-state index in [4.69, 9.17) is 0 Å². The molecule has 17 heavy (non-hydrogen) atoms. The van der Waals surface area contributed by atoms with Gasteiger partial charge in [-0.25, -0.2) is 4.79 Å². The maximum absolute atomic E-state index is 11.2. The minimum absolute atomic E-state index is 0.0749. The van der Waals surface area contributed by atoms with Crippen molar-refractivity contribution in [3.8, 4) is 0 Å². The van der Waals surface area contributed by atoms with Crippen LogP contribution < -0.4 is 5.32 Å². The average molecular weight is 240 g/mol. The van der Waals surface area contributed by atoms with E-state index in [0.29, 0.717) is 5.82 Å². The summed E-state index contributed by atoms with van der Waals surface area (Å²) in [6.45, 7) is 3.42. The molecule has 0 aromatic carbocycles. The van der Waals surface area contributed by atoms with E-state index in [9.17, 15) is 14.9 Å². The van der Waals surface area contributed by atoms with Crippen molar-refractivity contribution in [2.45, 2.75) is 13.8 Å². The molecule has 8 heteroatoms. The van der Waals surface area contributed by atoms with Gasteiger partial charge in [-0.05, 0) is 13.8 Å². The van der Waals surface area contributed by atoms with Gasteiger partial charge in [-0.1, -0.05) is 0 Å². The Morgan fingerprint density at radius 2 is 2.47 bits per heavy atom. The fourth-order valence-electron chi connectivity index (χ4n) is 1.03. The number of hydrogen-bond acceptors (Lipinski definition) is 6. The predicted molar refractivity (Wildman–Crippen MR) is 58.7 cm³/mol. The molecular formula is C9H12N4O4. The number of nitrogens with zero attached hydrogens (tertiary/aromatic N) is 2. The van der Waals surface area contributed by atoms with Gasteiger partial charge in [-0.3, -0.25) is 15.2 Å². The number of rotatable bonds is 5. The second-order valence-electron chi connectivity index (χ2n) is 3.09. The summed E-state index contributed by atoms with van der Waals surface area (Å²) in [6.07, 6.45) is 0.952. The molecule has 92 valence electrons. The number of esters is 1. The van der Waals surface area contributed by atoms with Crippen LogP contribution in [0.2, 0.25) is 0 Å². The number of nitrogens with one attached hydrogen (secondary N) is 2. The molecular weight excluding hydrogens is 228 g/mol. The minimum Gasteiger partial charge on any atom is -0.458 e. The van der Waals surface area contributed by atoms with Crippen LogP contribution >= 0.6 is 0 Å². The summed E-state index contributed by atoms with van der Waals surface area (Å²) in [5, 5.41) is 19.6. The molecule has 0 aliphatic heterocycles. The topological polar surface area (TPSA) is 110 Å². The molecule has 0 unspecified atom stereocenters. The predicted octanol–water partition coefficient (Wildman–Crippen LogP) is 0.811. The van der Waals surface area contributed by atoms with Crippen LogP contribution in [0.1, 0.15) is 12.6 Å². The number of carbonyl (C=O) groups excluding carboxylic acids is 1. The number of aromatic amines is 1. The molecule has 0 fully saturated rings. The number of hydrogen-bond donors (Lipinski definition) is 2. The van der Waals surface area contributed by atoms with Crippen LogP contribution in [-0.4, -0.2) is 27.7 Å². The number of carbonyl (C=O) groups is 1. The first-order valence-electron chi connectivity index (χ1n) is 4.84. The maximum atomic E-state index is 11.2. The normalized spacial score (nSPS) is 11.1. The summed E-state index contributed by atoms with van der Waals surface area (Å²) in [7, 11) is 0. The third-order valence-electron chi connectivity index (χ3n) is 1.74. The van der Waals surface area contributed by atoms with Crippen molar-refractivity contribution in [2.24, 2.45) is 0 Å². The van der Waals surface area contributed by atoms with E-state index in [1.165, 1.54) is 0 Å². The molecule has 1 heterocycles. The van der Waals surface area contributed by atoms with E-state index >= 15 is 0 Å². The standard InChI is InChI=1S/C9H12N4O4/c1-3-17-9(14)7(13(15)16)5-10-8-4-6(2)11-12-8/h4-5H,3H2,1-2H3,(H2,10,11,12)/b7-5-. The van der Waals surface area contributed by atoms with Gasteiger partial charge in [0.2, 0.25) is 0 Å². The summed E-state index contributed by atoms with van der Waals surface area (Å²) in [5.41, 5.74) is 0.118. The van der Waals surface area contributed by atoms with Crippen molar-refractivity contribution in [3.63, 3.8) is 0 Å². The van der Waals surface area contributed by atoms with E-state index in [-0.39, 0.29) is 6.61 Å². The molecule has 0 aliphatic rings. The highest BCUT2D eigenvalue weighted by atomic mass is 16.6. The molecule has 0 bridgehead atoms. The lowest BCUT2D eigenvalue weighted by Gasteiger charge is -1.99.